The molecule has 2 amide bonds. The SMILES string of the molecule is O=C(CCC1CCCC1)N(CC(=O)N1c2ccccc2-n2cccc2C1c1ccc(Cl)cc1)C1CC1. The number of hydrogen-bond acceptors (Lipinski definition) is 2. The van der Waals surface area contributed by atoms with E-state index in [0.29, 0.717) is 17.4 Å². The van der Waals surface area contributed by atoms with Crippen molar-refractivity contribution in [2.75, 3.05) is 11.4 Å². The summed E-state index contributed by atoms with van der Waals surface area (Å²) in [6, 6.07) is 19.7. The standard InChI is InChI=1S/C30H32ClN3O2/c31-23-14-12-22(13-15-23)30-27-10-5-19-32(27)25-8-3-4-9-26(25)34(30)29(36)20-33(24-16-17-24)28(35)18-11-21-6-1-2-7-21/h3-5,8-10,12-15,19,21,24,30H,1-2,6-7,11,16-18,20H2. The Hall–Kier alpha value is -3.05. The molecule has 0 saturated heterocycles. The lowest BCUT2D eigenvalue weighted by molar-refractivity contribution is -0.136. The zero-order chi connectivity index (χ0) is 24.6. The molecule has 6 heteroatoms. The van der Waals surface area contributed by atoms with Crippen molar-refractivity contribution in [2.24, 2.45) is 5.92 Å². The number of anilines is 1. The Kier molecular flexibility index (Phi) is 6.34. The van der Waals surface area contributed by atoms with E-state index < -0.39 is 0 Å². The number of rotatable bonds is 7. The molecule has 3 aromatic rings. The second-order valence-corrected chi connectivity index (χ2v) is 10.9. The molecule has 2 aliphatic carbocycles. The summed E-state index contributed by atoms with van der Waals surface area (Å²) in [4.78, 5) is 31.2. The maximum absolute atomic E-state index is 14.1. The minimum atomic E-state index is -0.297. The lowest BCUT2D eigenvalue weighted by Crippen LogP contribution is -2.47. The van der Waals surface area contributed by atoms with Gasteiger partial charge in [0.15, 0.2) is 0 Å². The summed E-state index contributed by atoms with van der Waals surface area (Å²) in [6.07, 6.45) is 10.6. The zero-order valence-corrected chi connectivity index (χ0v) is 21.2. The molecular weight excluding hydrogens is 470 g/mol. The first kappa shape index (κ1) is 23.4. The van der Waals surface area contributed by atoms with Gasteiger partial charge < -0.3 is 9.47 Å². The number of carbonyl (C=O) groups excluding carboxylic acids is 2. The van der Waals surface area contributed by atoms with Crippen LogP contribution in [0.1, 0.15) is 68.7 Å². The van der Waals surface area contributed by atoms with Gasteiger partial charge in [0.2, 0.25) is 11.8 Å². The fraction of sp³-hybridized carbons (Fsp3) is 0.400. The summed E-state index contributed by atoms with van der Waals surface area (Å²) >= 11 is 6.20. The molecule has 2 heterocycles. The molecule has 1 atom stereocenters. The lowest BCUT2D eigenvalue weighted by atomic mass is 9.97. The van der Waals surface area contributed by atoms with Crippen LogP contribution in [0.15, 0.2) is 66.9 Å². The monoisotopic (exact) mass is 501 g/mol. The van der Waals surface area contributed by atoms with Gasteiger partial charge in [-0.2, -0.15) is 0 Å². The topological polar surface area (TPSA) is 45.6 Å². The molecule has 0 bridgehead atoms. The van der Waals surface area contributed by atoms with Gasteiger partial charge in [0.05, 0.1) is 17.1 Å². The third-order valence-corrected chi connectivity index (χ3v) is 8.28. The molecule has 0 radical (unpaired) electrons. The Bertz CT molecular complexity index is 1260. The summed E-state index contributed by atoms with van der Waals surface area (Å²) in [5, 5.41) is 0.663. The van der Waals surface area contributed by atoms with Gasteiger partial charge in [0.1, 0.15) is 12.6 Å². The van der Waals surface area contributed by atoms with Crippen molar-refractivity contribution in [1.82, 2.24) is 9.47 Å². The highest BCUT2D eigenvalue weighted by molar-refractivity contribution is 6.30. The quantitative estimate of drug-likeness (QED) is 0.369. The van der Waals surface area contributed by atoms with Crippen molar-refractivity contribution >= 4 is 29.1 Å². The summed E-state index contributed by atoms with van der Waals surface area (Å²) in [6.45, 7) is 0.118. The first-order valence-corrected chi connectivity index (χ1v) is 13.6. The van der Waals surface area contributed by atoms with E-state index in [4.69, 9.17) is 11.6 Å². The molecule has 1 aliphatic heterocycles. The normalized spacial score (nSPS) is 19.1. The largest absolute Gasteiger partial charge is 0.330 e. The number of amides is 2. The summed E-state index contributed by atoms with van der Waals surface area (Å²) in [7, 11) is 0. The predicted molar refractivity (Wildman–Crippen MR) is 142 cm³/mol. The van der Waals surface area contributed by atoms with Gasteiger partial charge in [-0.3, -0.25) is 14.5 Å². The van der Waals surface area contributed by atoms with E-state index in [2.05, 4.69) is 10.6 Å². The van der Waals surface area contributed by atoms with Gasteiger partial charge >= 0.3 is 0 Å². The third kappa shape index (κ3) is 4.45. The number of nitrogens with zero attached hydrogens (tertiary/aromatic N) is 3. The van der Waals surface area contributed by atoms with E-state index in [-0.39, 0.29) is 30.4 Å². The minimum Gasteiger partial charge on any atom is -0.330 e. The highest BCUT2D eigenvalue weighted by atomic mass is 35.5. The third-order valence-electron chi connectivity index (χ3n) is 8.03. The number of benzene rings is 2. The molecule has 186 valence electrons. The second kappa shape index (κ2) is 9.78. The molecule has 36 heavy (non-hydrogen) atoms. The zero-order valence-electron chi connectivity index (χ0n) is 20.5. The van der Waals surface area contributed by atoms with Crippen LogP contribution in [0.4, 0.5) is 5.69 Å². The van der Waals surface area contributed by atoms with Gasteiger partial charge in [-0.1, -0.05) is 61.5 Å². The van der Waals surface area contributed by atoms with Crippen LogP contribution < -0.4 is 4.90 Å². The van der Waals surface area contributed by atoms with E-state index in [0.717, 1.165) is 41.9 Å². The Morgan fingerprint density at radius 2 is 1.61 bits per heavy atom. The number of carbonyl (C=O) groups is 2. The van der Waals surface area contributed by atoms with Gasteiger partial charge in [-0.25, -0.2) is 0 Å². The van der Waals surface area contributed by atoms with Crippen LogP contribution in [0.25, 0.3) is 5.69 Å². The maximum Gasteiger partial charge on any atom is 0.247 e. The van der Waals surface area contributed by atoms with Crippen LogP contribution >= 0.6 is 11.6 Å². The van der Waals surface area contributed by atoms with Crippen LogP contribution in [-0.2, 0) is 9.59 Å². The van der Waals surface area contributed by atoms with Crippen LogP contribution in [0, 0.1) is 5.92 Å². The maximum atomic E-state index is 14.1. The molecule has 3 aliphatic rings. The molecule has 0 spiro atoms. The van der Waals surface area contributed by atoms with Crippen molar-refractivity contribution in [3.63, 3.8) is 0 Å². The molecule has 2 aromatic carbocycles. The lowest BCUT2D eigenvalue weighted by Gasteiger charge is -2.39. The molecule has 2 saturated carbocycles. The fourth-order valence-electron chi connectivity index (χ4n) is 6.02. The Labute approximate surface area is 217 Å². The first-order valence-electron chi connectivity index (χ1n) is 13.2. The second-order valence-electron chi connectivity index (χ2n) is 10.5. The molecule has 6 rings (SSSR count). The van der Waals surface area contributed by atoms with Crippen LogP contribution in [0.5, 0.6) is 0 Å². The van der Waals surface area contributed by atoms with E-state index in [1.54, 1.807) is 0 Å². The highest BCUT2D eigenvalue weighted by Crippen LogP contribution is 2.43. The molecule has 0 N–H and O–H groups in total. The summed E-state index contributed by atoms with van der Waals surface area (Å²) in [5.74, 6) is 0.757. The van der Waals surface area contributed by atoms with Gasteiger partial charge in [-0.15, -0.1) is 0 Å². The van der Waals surface area contributed by atoms with E-state index in [9.17, 15) is 9.59 Å². The van der Waals surface area contributed by atoms with Crippen LogP contribution in [-0.4, -0.2) is 33.9 Å². The molecule has 2 fully saturated rings. The average Bonchev–Trinajstić information content (AvgIpc) is 3.37. The summed E-state index contributed by atoms with van der Waals surface area (Å²) in [5.41, 5.74) is 3.85. The van der Waals surface area contributed by atoms with Crippen molar-refractivity contribution < 1.29 is 9.59 Å². The number of aromatic nitrogens is 1. The molecule has 1 aromatic heterocycles. The number of fused-ring (bicyclic) bond motifs is 3. The summed E-state index contributed by atoms with van der Waals surface area (Å²) < 4.78 is 2.16. The van der Waals surface area contributed by atoms with Gasteiger partial charge in [-0.05, 0) is 67.1 Å². The average molecular weight is 502 g/mol. The smallest absolute Gasteiger partial charge is 0.247 e. The van der Waals surface area contributed by atoms with E-state index in [1.807, 2.05) is 70.6 Å². The minimum absolute atomic E-state index is 0.0454. The predicted octanol–water partition coefficient (Wildman–Crippen LogP) is 6.53. The molecular formula is C30H32ClN3O2. The molecule has 5 nitrogen and oxygen atoms in total. The molecule has 1 unspecified atom stereocenters. The fourth-order valence-corrected chi connectivity index (χ4v) is 6.15. The van der Waals surface area contributed by atoms with Gasteiger partial charge in [0, 0.05) is 23.7 Å². The Balaban J connectivity index is 1.32. The highest BCUT2D eigenvalue weighted by Gasteiger charge is 2.40. The van der Waals surface area contributed by atoms with E-state index in [1.165, 1.54) is 25.7 Å². The van der Waals surface area contributed by atoms with Crippen molar-refractivity contribution in [3.05, 3.63) is 83.1 Å². The van der Waals surface area contributed by atoms with Crippen molar-refractivity contribution in [1.29, 1.82) is 0 Å². The van der Waals surface area contributed by atoms with Crippen LogP contribution in [0.2, 0.25) is 5.02 Å². The first-order chi connectivity index (χ1) is 17.6. The van der Waals surface area contributed by atoms with Crippen LogP contribution in [0.3, 0.4) is 0 Å². The van der Waals surface area contributed by atoms with Crippen molar-refractivity contribution in [3.8, 4) is 5.69 Å². The Morgan fingerprint density at radius 3 is 2.33 bits per heavy atom. The number of hydrogen-bond donors (Lipinski definition) is 0. The number of para-hydroxylation sites is 2. The number of halogens is 1. The van der Waals surface area contributed by atoms with Crippen molar-refractivity contribution in [2.45, 2.75) is 63.5 Å². The van der Waals surface area contributed by atoms with E-state index >= 15 is 0 Å². The van der Waals surface area contributed by atoms with Gasteiger partial charge in [0.25, 0.3) is 0 Å². The Morgan fingerprint density at radius 1 is 0.889 bits per heavy atom.